The molecule has 112 valence electrons. The Balaban J connectivity index is 1.89. The molecule has 3 nitrogen and oxygen atoms in total. The second kappa shape index (κ2) is 7.27. The molecule has 0 radical (unpaired) electrons. The number of hydrogen-bond donors (Lipinski definition) is 1. The van der Waals surface area contributed by atoms with Gasteiger partial charge in [-0.2, -0.15) is 0 Å². The molecule has 21 heavy (non-hydrogen) atoms. The third-order valence-electron chi connectivity index (χ3n) is 2.93. The monoisotopic (exact) mass is 342 g/mol. The third-order valence-corrected chi connectivity index (χ3v) is 4.38. The molecule has 1 aromatic carbocycles. The predicted molar refractivity (Wildman–Crippen MR) is 90.5 cm³/mol. The van der Waals surface area contributed by atoms with Crippen molar-refractivity contribution >= 4 is 46.1 Å². The van der Waals surface area contributed by atoms with Crippen LogP contribution in [0.3, 0.4) is 0 Å². The van der Waals surface area contributed by atoms with Crippen molar-refractivity contribution in [1.29, 1.82) is 0 Å². The van der Waals surface area contributed by atoms with Gasteiger partial charge in [0.25, 0.3) is 0 Å². The lowest BCUT2D eigenvalue weighted by Crippen LogP contribution is -2.29. The lowest BCUT2D eigenvalue weighted by Gasteiger charge is -2.16. The second-order valence-corrected chi connectivity index (χ2v) is 7.12. The summed E-state index contributed by atoms with van der Waals surface area (Å²) in [7, 11) is 1.90. The highest BCUT2D eigenvalue weighted by molar-refractivity contribution is 7.16. The van der Waals surface area contributed by atoms with E-state index in [-0.39, 0.29) is 5.91 Å². The number of nitrogens with zero attached hydrogens (tertiary/aromatic N) is 1. The average molecular weight is 343 g/mol. The molecule has 1 heterocycles. The molecule has 1 N–H and O–H groups in total. The van der Waals surface area contributed by atoms with E-state index in [9.17, 15) is 4.79 Å². The summed E-state index contributed by atoms with van der Waals surface area (Å²) in [5.41, 5.74) is 1.74. The van der Waals surface area contributed by atoms with Crippen LogP contribution in [0, 0.1) is 6.92 Å². The van der Waals surface area contributed by atoms with Gasteiger partial charge in [0, 0.05) is 22.1 Å². The average Bonchev–Trinajstić information content (AvgIpc) is 2.78. The van der Waals surface area contributed by atoms with Gasteiger partial charge in [-0.3, -0.25) is 9.69 Å². The maximum absolute atomic E-state index is 12.0. The lowest BCUT2D eigenvalue weighted by atomic mass is 10.2. The first kappa shape index (κ1) is 16.3. The smallest absolute Gasteiger partial charge is 0.238 e. The summed E-state index contributed by atoms with van der Waals surface area (Å²) in [5, 5.41) is 3.56. The van der Waals surface area contributed by atoms with Crippen molar-refractivity contribution in [3.63, 3.8) is 0 Å². The number of hydrogen-bond acceptors (Lipinski definition) is 3. The molecule has 0 fully saturated rings. The van der Waals surface area contributed by atoms with Gasteiger partial charge in [-0.15, -0.1) is 11.3 Å². The highest BCUT2D eigenvalue weighted by atomic mass is 35.5. The number of thiophene rings is 1. The van der Waals surface area contributed by atoms with Crippen molar-refractivity contribution in [3.05, 3.63) is 50.1 Å². The summed E-state index contributed by atoms with van der Waals surface area (Å²) in [6, 6.07) is 9.25. The van der Waals surface area contributed by atoms with Crippen molar-refractivity contribution in [1.82, 2.24) is 4.90 Å². The fourth-order valence-electron chi connectivity index (χ4n) is 1.96. The zero-order valence-corrected chi connectivity index (χ0v) is 14.1. The minimum Gasteiger partial charge on any atom is -0.325 e. The molecule has 2 aromatic rings. The third kappa shape index (κ3) is 5.00. The number of amides is 1. The summed E-state index contributed by atoms with van der Waals surface area (Å²) >= 11 is 13.3. The Morgan fingerprint density at radius 2 is 2.05 bits per heavy atom. The Kier molecular flexibility index (Phi) is 5.65. The molecule has 6 heteroatoms. The minimum atomic E-state index is -0.0504. The molecule has 1 aromatic heterocycles. The Morgan fingerprint density at radius 1 is 1.29 bits per heavy atom. The Labute approximate surface area is 138 Å². The molecule has 2 rings (SSSR count). The zero-order valence-electron chi connectivity index (χ0n) is 11.8. The van der Waals surface area contributed by atoms with E-state index < -0.39 is 0 Å². The van der Waals surface area contributed by atoms with Crippen molar-refractivity contribution in [3.8, 4) is 0 Å². The number of carbonyl (C=O) groups is 1. The van der Waals surface area contributed by atoms with E-state index in [0.29, 0.717) is 18.1 Å². The lowest BCUT2D eigenvalue weighted by molar-refractivity contribution is -0.117. The quantitative estimate of drug-likeness (QED) is 0.871. The number of halogens is 2. The van der Waals surface area contributed by atoms with E-state index in [1.807, 2.05) is 43.1 Å². The van der Waals surface area contributed by atoms with Crippen LogP contribution in [0.2, 0.25) is 9.36 Å². The van der Waals surface area contributed by atoms with Crippen LogP contribution in [0.5, 0.6) is 0 Å². The second-order valence-electron chi connectivity index (χ2n) is 4.89. The van der Waals surface area contributed by atoms with Crippen LogP contribution in [0.1, 0.15) is 10.4 Å². The fourth-order valence-corrected chi connectivity index (χ4v) is 3.36. The molecule has 1 amide bonds. The van der Waals surface area contributed by atoms with Crippen LogP contribution >= 0.6 is 34.5 Å². The number of carbonyl (C=O) groups excluding carboxylic acids is 1. The van der Waals surface area contributed by atoms with Crippen molar-refractivity contribution < 1.29 is 4.79 Å². The molecule has 0 saturated carbocycles. The topological polar surface area (TPSA) is 32.3 Å². The molecule has 0 aliphatic carbocycles. The van der Waals surface area contributed by atoms with Crippen LogP contribution in [-0.2, 0) is 11.3 Å². The molecule has 0 bridgehead atoms. The molecule has 0 atom stereocenters. The number of anilines is 1. The zero-order chi connectivity index (χ0) is 15.4. The van der Waals surface area contributed by atoms with E-state index >= 15 is 0 Å². The highest BCUT2D eigenvalue weighted by Gasteiger charge is 2.10. The van der Waals surface area contributed by atoms with Crippen molar-refractivity contribution in [2.24, 2.45) is 0 Å². The summed E-state index contributed by atoms with van der Waals surface area (Å²) in [6.45, 7) is 2.93. The first-order chi connectivity index (χ1) is 9.94. The fraction of sp³-hybridized carbons (Fsp3) is 0.267. The van der Waals surface area contributed by atoms with Crippen LogP contribution in [0.4, 0.5) is 5.69 Å². The molecule has 0 spiro atoms. The van der Waals surface area contributed by atoms with Gasteiger partial charge in [0.15, 0.2) is 0 Å². The standard InChI is InChI=1S/C15H16Cl2N2OS/c1-10-7-11(16)3-5-13(10)18-15(20)9-19(2)8-12-4-6-14(17)21-12/h3-7H,8-9H2,1-2H3,(H,18,20). The summed E-state index contributed by atoms with van der Waals surface area (Å²) in [5.74, 6) is -0.0504. The van der Waals surface area contributed by atoms with E-state index in [2.05, 4.69) is 5.32 Å². The minimum absolute atomic E-state index is 0.0504. The number of benzene rings is 1. The predicted octanol–water partition coefficient (Wildman–Crippen LogP) is 4.43. The molecular weight excluding hydrogens is 327 g/mol. The Hall–Kier alpha value is -1.07. The summed E-state index contributed by atoms with van der Waals surface area (Å²) in [6.07, 6.45) is 0. The van der Waals surface area contributed by atoms with Gasteiger partial charge in [-0.1, -0.05) is 23.2 Å². The van der Waals surface area contributed by atoms with Gasteiger partial charge in [-0.25, -0.2) is 0 Å². The van der Waals surface area contributed by atoms with Crippen LogP contribution < -0.4 is 5.32 Å². The van der Waals surface area contributed by atoms with Gasteiger partial charge in [0.2, 0.25) is 5.91 Å². The highest BCUT2D eigenvalue weighted by Crippen LogP contribution is 2.22. The molecule has 0 aliphatic heterocycles. The van der Waals surface area contributed by atoms with Gasteiger partial charge in [0.1, 0.15) is 0 Å². The number of rotatable bonds is 5. The molecule has 0 aliphatic rings. The number of likely N-dealkylation sites (N-methyl/N-ethyl adjacent to an activating group) is 1. The van der Waals surface area contributed by atoms with Crippen LogP contribution in [0.25, 0.3) is 0 Å². The van der Waals surface area contributed by atoms with Gasteiger partial charge in [-0.05, 0) is 49.9 Å². The first-order valence-corrected chi connectivity index (χ1v) is 8.00. The van der Waals surface area contributed by atoms with Crippen molar-refractivity contribution in [2.75, 3.05) is 18.9 Å². The Morgan fingerprint density at radius 3 is 2.67 bits per heavy atom. The van der Waals surface area contributed by atoms with E-state index in [0.717, 1.165) is 20.5 Å². The summed E-state index contributed by atoms with van der Waals surface area (Å²) in [4.78, 5) is 15.1. The summed E-state index contributed by atoms with van der Waals surface area (Å²) < 4.78 is 0.764. The normalized spacial score (nSPS) is 10.9. The van der Waals surface area contributed by atoms with E-state index in [1.165, 1.54) is 11.3 Å². The molecular formula is C15H16Cl2N2OS. The van der Waals surface area contributed by atoms with Gasteiger partial charge < -0.3 is 5.32 Å². The first-order valence-electron chi connectivity index (χ1n) is 6.43. The van der Waals surface area contributed by atoms with Crippen LogP contribution in [-0.4, -0.2) is 24.4 Å². The van der Waals surface area contributed by atoms with Crippen LogP contribution in [0.15, 0.2) is 30.3 Å². The molecule has 0 saturated heterocycles. The van der Waals surface area contributed by atoms with Gasteiger partial charge >= 0.3 is 0 Å². The van der Waals surface area contributed by atoms with E-state index in [1.54, 1.807) is 6.07 Å². The number of aryl methyl sites for hydroxylation is 1. The Bertz CT molecular complexity index is 642. The van der Waals surface area contributed by atoms with Gasteiger partial charge in [0.05, 0.1) is 10.9 Å². The molecule has 0 unspecified atom stereocenters. The largest absolute Gasteiger partial charge is 0.325 e. The SMILES string of the molecule is Cc1cc(Cl)ccc1NC(=O)CN(C)Cc1ccc(Cl)s1. The number of nitrogens with one attached hydrogen (secondary N) is 1. The van der Waals surface area contributed by atoms with E-state index in [4.69, 9.17) is 23.2 Å². The maximum atomic E-state index is 12.0. The maximum Gasteiger partial charge on any atom is 0.238 e. The van der Waals surface area contributed by atoms with Crippen molar-refractivity contribution in [2.45, 2.75) is 13.5 Å².